The predicted molar refractivity (Wildman–Crippen MR) is 75.0 cm³/mol. The Labute approximate surface area is 126 Å². The maximum Gasteiger partial charge on any atom is 0.345 e. The van der Waals surface area contributed by atoms with Crippen molar-refractivity contribution in [3.8, 4) is 0 Å². The standard InChI is InChI=1S/C14H28O7/c1-12(18-10-9-16)11-14(2,3)20-21-19-13(17)7-5-4-6-8-15/h12,15-16H,4-11H2,1-3H3. The lowest BCUT2D eigenvalue weighted by molar-refractivity contribution is -0.518. The normalized spacial score (nSPS) is 13.2. The lowest BCUT2D eigenvalue weighted by Crippen LogP contribution is -2.31. The molecule has 0 bridgehead atoms. The number of carbonyl (C=O) groups is 1. The van der Waals surface area contributed by atoms with Crippen LogP contribution in [0.15, 0.2) is 0 Å². The zero-order valence-corrected chi connectivity index (χ0v) is 13.2. The van der Waals surface area contributed by atoms with Crippen LogP contribution in [0.4, 0.5) is 0 Å². The van der Waals surface area contributed by atoms with E-state index in [9.17, 15) is 4.79 Å². The van der Waals surface area contributed by atoms with E-state index < -0.39 is 11.6 Å². The molecule has 0 fully saturated rings. The van der Waals surface area contributed by atoms with Crippen molar-refractivity contribution >= 4 is 5.97 Å². The van der Waals surface area contributed by atoms with Gasteiger partial charge in [-0.1, -0.05) is 6.42 Å². The first kappa shape index (κ1) is 20.3. The number of carbonyl (C=O) groups excluding carboxylic acids is 1. The molecule has 0 saturated heterocycles. The Balaban J connectivity index is 3.74. The molecular formula is C14H28O7. The molecular weight excluding hydrogens is 280 g/mol. The molecule has 0 aromatic carbocycles. The summed E-state index contributed by atoms with van der Waals surface area (Å²) in [7, 11) is 0. The van der Waals surface area contributed by atoms with E-state index in [-0.39, 0.29) is 32.3 Å². The van der Waals surface area contributed by atoms with E-state index in [0.29, 0.717) is 19.3 Å². The van der Waals surface area contributed by atoms with Gasteiger partial charge in [0.15, 0.2) is 0 Å². The monoisotopic (exact) mass is 308 g/mol. The van der Waals surface area contributed by atoms with Crippen molar-refractivity contribution in [3.63, 3.8) is 0 Å². The number of rotatable bonds is 13. The van der Waals surface area contributed by atoms with Crippen LogP contribution in [0, 0.1) is 0 Å². The Morgan fingerprint density at radius 3 is 2.48 bits per heavy atom. The minimum atomic E-state index is -0.688. The average Bonchev–Trinajstić information content (AvgIpc) is 2.40. The van der Waals surface area contributed by atoms with Gasteiger partial charge < -0.3 is 14.9 Å². The fraction of sp³-hybridized carbons (Fsp3) is 0.929. The third-order valence-electron chi connectivity index (χ3n) is 2.70. The molecule has 0 rings (SSSR count). The van der Waals surface area contributed by atoms with E-state index in [1.807, 2.05) is 6.92 Å². The van der Waals surface area contributed by atoms with Gasteiger partial charge in [0.2, 0.25) is 0 Å². The summed E-state index contributed by atoms with van der Waals surface area (Å²) in [5.41, 5.74) is -0.688. The molecule has 7 nitrogen and oxygen atoms in total. The van der Waals surface area contributed by atoms with Gasteiger partial charge in [0.1, 0.15) is 5.60 Å². The maximum absolute atomic E-state index is 11.3. The molecule has 1 atom stereocenters. The summed E-state index contributed by atoms with van der Waals surface area (Å²) in [6.45, 7) is 5.77. The molecule has 0 heterocycles. The number of unbranched alkanes of at least 4 members (excludes halogenated alkanes) is 2. The summed E-state index contributed by atoms with van der Waals surface area (Å²) in [6.07, 6.45) is 2.69. The molecule has 0 aliphatic heterocycles. The molecule has 0 spiro atoms. The number of aliphatic hydroxyl groups excluding tert-OH is 2. The molecule has 0 amide bonds. The average molecular weight is 308 g/mol. The first-order valence-electron chi connectivity index (χ1n) is 7.30. The van der Waals surface area contributed by atoms with Crippen LogP contribution in [0.2, 0.25) is 0 Å². The van der Waals surface area contributed by atoms with Gasteiger partial charge in [-0.25, -0.2) is 4.79 Å². The highest BCUT2D eigenvalue weighted by Crippen LogP contribution is 2.19. The van der Waals surface area contributed by atoms with Crippen LogP contribution in [0.25, 0.3) is 0 Å². The molecule has 126 valence electrons. The van der Waals surface area contributed by atoms with Gasteiger partial charge in [-0.15, -0.1) is 0 Å². The zero-order valence-electron chi connectivity index (χ0n) is 13.2. The summed E-state index contributed by atoms with van der Waals surface area (Å²) < 4.78 is 5.32. The van der Waals surface area contributed by atoms with Gasteiger partial charge in [0.05, 0.1) is 19.3 Å². The van der Waals surface area contributed by atoms with Crippen LogP contribution in [-0.2, 0) is 24.3 Å². The van der Waals surface area contributed by atoms with Gasteiger partial charge in [0, 0.05) is 19.4 Å². The van der Waals surface area contributed by atoms with Crippen molar-refractivity contribution < 1.29 is 34.6 Å². The molecule has 0 aliphatic carbocycles. The Morgan fingerprint density at radius 2 is 1.86 bits per heavy atom. The van der Waals surface area contributed by atoms with E-state index in [4.69, 9.17) is 19.8 Å². The molecule has 7 heteroatoms. The van der Waals surface area contributed by atoms with Crippen molar-refractivity contribution in [1.29, 1.82) is 0 Å². The van der Waals surface area contributed by atoms with Crippen LogP contribution in [-0.4, -0.2) is 47.7 Å². The first-order chi connectivity index (χ1) is 9.91. The van der Waals surface area contributed by atoms with Gasteiger partial charge in [-0.3, -0.25) is 4.89 Å². The molecule has 2 N–H and O–H groups in total. The van der Waals surface area contributed by atoms with E-state index in [0.717, 1.165) is 6.42 Å². The Bertz CT molecular complexity index is 268. The van der Waals surface area contributed by atoms with Crippen LogP contribution in [0.3, 0.4) is 0 Å². The fourth-order valence-corrected chi connectivity index (χ4v) is 1.79. The highest BCUT2D eigenvalue weighted by atomic mass is 17.5. The van der Waals surface area contributed by atoms with Crippen molar-refractivity contribution in [1.82, 2.24) is 0 Å². The third kappa shape index (κ3) is 12.7. The molecule has 0 aromatic rings. The van der Waals surface area contributed by atoms with Gasteiger partial charge in [-0.2, -0.15) is 4.89 Å². The smallest absolute Gasteiger partial charge is 0.345 e. The molecule has 21 heavy (non-hydrogen) atoms. The van der Waals surface area contributed by atoms with Crippen LogP contribution >= 0.6 is 0 Å². The highest BCUT2D eigenvalue weighted by Gasteiger charge is 2.25. The minimum absolute atomic E-state index is 0.0317. The number of ether oxygens (including phenoxy) is 1. The van der Waals surface area contributed by atoms with Gasteiger partial charge in [-0.05, 0) is 38.7 Å². The summed E-state index contributed by atoms with van der Waals surface area (Å²) >= 11 is 0. The second-order valence-electron chi connectivity index (χ2n) is 5.51. The Hall–Kier alpha value is -0.730. The second kappa shape index (κ2) is 11.9. The van der Waals surface area contributed by atoms with Crippen LogP contribution < -0.4 is 0 Å². The summed E-state index contributed by atoms with van der Waals surface area (Å²) in [4.78, 5) is 20.9. The highest BCUT2D eigenvalue weighted by molar-refractivity contribution is 5.68. The number of aliphatic hydroxyl groups is 2. The predicted octanol–water partition coefficient (Wildman–Crippen LogP) is 1.51. The van der Waals surface area contributed by atoms with Crippen molar-refractivity contribution in [2.75, 3.05) is 19.8 Å². The quantitative estimate of drug-likeness (QED) is 0.302. The number of hydrogen-bond donors (Lipinski definition) is 2. The Morgan fingerprint density at radius 1 is 1.14 bits per heavy atom. The minimum Gasteiger partial charge on any atom is -0.396 e. The molecule has 1 unspecified atom stereocenters. The summed E-state index contributed by atoms with van der Waals surface area (Å²) in [5, 5.41) is 21.8. The maximum atomic E-state index is 11.3. The summed E-state index contributed by atoms with van der Waals surface area (Å²) in [5.74, 6) is -0.506. The first-order valence-corrected chi connectivity index (χ1v) is 7.30. The molecule has 0 aromatic heterocycles. The van der Waals surface area contributed by atoms with E-state index in [2.05, 4.69) is 9.93 Å². The molecule has 0 radical (unpaired) electrons. The Kier molecular flexibility index (Phi) is 11.5. The van der Waals surface area contributed by atoms with E-state index >= 15 is 0 Å². The molecule has 0 saturated carbocycles. The third-order valence-corrected chi connectivity index (χ3v) is 2.70. The van der Waals surface area contributed by atoms with Crippen molar-refractivity contribution in [3.05, 3.63) is 0 Å². The lowest BCUT2D eigenvalue weighted by Gasteiger charge is -2.25. The van der Waals surface area contributed by atoms with E-state index in [1.165, 1.54) is 0 Å². The van der Waals surface area contributed by atoms with Crippen LogP contribution in [0.1, 0.15) is 52.9 Å². The largest absolute Gasteiger partial charge is 0.396 e. The van der Waals surface area contributed by atoms with Gasteiger partial charge >= 0.3 is 5.97 Å². The number of hydrogen-bond acceptors (Lipinski definition) is 7. The van der Waals surface area contributed by atoms with Gasteiger partial charge in [0.25, 0.3) is 0 Å². The zero-order chi connectivity index (χ0) is 16.1. The summed E-state index contributed by atoms with van der Waals surface area (Å²) in [6, 6.07) is 0. The van der Waals surface area contributed by atoms with Crippen molar-refractivity contribution in [2.45, 2.75) is 64.6 Å². The lowest BCUT2D eigenvalue weighted by atomic mass is 10.0. The fourth-order valence-electron chi connectivity index (χ4n) is 1.79. The van der Waals surface area contributed by atoms with E-state index in [1.54, 1.807) is 13.8 Å². The van der Waals surface area contributed by atoms with Crippen LogP contribution in [0.5, 0.6) is 0 Å². The van der Waals surface area contributed by atoms with Crippen molar-refractivity contribution in [2.24, 2.45) is 0 Å². The SMILES string of the molecule is CC(CC(C)(C)OOOC(=O)CCCCCO)OCCO. The second-order valence-corrected chi connectivity index (χ2v) is 5.51. The molecule has 0 aliphatic rings. The topological polar surface area (TPSA) is 94.5 Å².